The van der Waals surface area contributed by atoms with Gasteiger partial charge in [-0.05, 0) is 44.8 Å². The van der Waals surface area contributed by atoms with Crippen LogP contribution in [-0.4, -0.2) is 62.2 Å². The molecule has 0 aliphatic carbocycles. The summed E-state index contributed by atoms with van der Waals surface area (Å²) in [5, 5.41) is 3.52. The maximum atomic E-state index is 3.52. The molecule has 2 rings (SSSR count). The Kier molecular flexibility index (Phi) is 5.75. The zero-order valence-corrected chi connectivity index (χ0v) is 11.5. The van der Waals surface area contributed by atoms with Gasteiger partial charge in [0.15, 0.2) is 0 Å². The topological polar surface area (TPSA) is 18.5 Å². The normalized spacial score (nSPS) is 28.4. The van der Waals surface area contributed by atoms with Gasteiger partial charge in [0.05, 0.1) is 0 Å². The van der Waals surface area contributed by atoms with E-state index in [2.05, 4.69) is 22.0 Å². The SMILES string of the molecule is CCCCN1CCN(CC2CCCNC2)CC1. The highest BCUT2D eigenvalue weighted by Crippen LogP contribution is 2.13. The van der Waals surface area contributed by atoms with Crippen molar-refractivity contribution in [3.63, 3.8) is 0 Å². The molecule has 0 amide bonds. The molecule has 2 aliphatic rings. The smallest absolute Gasteiger partial charge is 0.0110 e. The lowest BCUT2D eigenvalue weighted by atomic mass is 9.99. The van der Waals surface area contributed by atoms with Crippen LogP contribution in [0.25, 0.3) is 0 Å². The van der Waals surface area contributed by atoms with Gasteiger partial charge in [0.2, 0.25) is 0 Å². The summed E-state index contributed by atoms with van der Waals surface area (Å²) in [6, 6.07) is 0. The van der Waals surface area contributed by atoms with E-state index in [1.807, 2.05) is 0 Å². The van der Waals surface area contributed by atoms with Crippen molar-refractivity contribution in [2.75, 3.05) is 52.4 Å². The van der Waals surface area contributed by atoms with E-state index in [0.29, 0.717) is 0 Å². The Hall–Kier alpha value is -0.120. The number of hydrogen-bond donors (Lipinski definition) is 1. The molecule has 100 valence electrons. The third-order valence-corrected chi connectivity index (χ3v) is 4.21. The minimum Gasteiger partial charge on any atom is -0.316 e. The van der Waals surface area contributed by atoms with Gasteiger partial charge < -0.3 is 15.1 Å². The molecule has 0 aromatic carbocycles. The first-order valence-corrected chi connectivity index (χ1v) is 7.54. The van der Waals surface area contributed by atoms with E-state index in [9.17, 15) is 0 Å². The first-order chi connectivity index (χ1) is 8.38. The lowest BCUT2D eigenvalue weighted by Gasteiger charge is -2.37. The van der Waals surface area contributed by atoms with Crippen LogP contribution in [0.5, 0.6) is 0 Å². The van der Waals surface area contributed by atoms with Crippen molar-refractivity contribution in [3.8, 4) is 0 Å². The number of piperidine rings is 1. The van der Waals surface area contributed by atoms with E-state index in [1.165, 1.54) is 78.0 Å². The minimum atomic E-state index is 0.908. The van der Waals surface area contributed by atoms with Crippen LogP contribution < -0.4 is 5.32 Å². The minimum absolute atomic E-state index is 0.908. The first-order valence-electron chi connectivity index (χ1n) is 7.54. The molecule has 0 aromatic rings. The van der Waals surface area contributed by atoms with Gasteiger partial charge in [-0.1, -0.05) is 13.3 Å². The Morgan fingerprint density at radius 2 is 1.88 bits per heavy atom. The van der Waals surface area contributed by atoms with Crippen LogP contribution in [0, 0.1) is 5.92 Å². The van der Waals surface area contributed by atoms with Crippen LogP contribution >= 0.6 is 0 Å². The molecular formula is C14H29N3. The molecule has 1 N–H and O–H groups in total. The Bertz CT molecular complexity index is 194. The van der Waals surface area contributed by atoms with Gasteiger partial charge in [-0.2, -0.15) is 0 Å². The largest absolute Gasteiger partial charge is 0.316 e. The van der Waals surface area contributed by atoms with Crippen molar-refractivity contribution in [2.45, 2.75) is 32.6 Å². The molecular weight excluding hydrogens is 210 g/mol. The van der Waals surface area contributed by atoms with E-state index in [1.54, 1.807) is 0 Å². The van der Waals surface area contributed by atoms with E-state index in [-0.39, 0.29) is 0 Å². The summed E-state index contributed by atoms with van der Waals surface area (Å²) in [6.07, 6.45) is 5.50. The zero-order chi connectivity index (χ0) is 11.9. The second-order valence-electron chi connectivity index (χ2n) is 5.71. The molecule has 0 bridgehead atoms. The Morgan fingerprint density at radius 3 is 2.53 bits per heavy atom. The fraction of sp³-hybridized carbons (Fsp3) is 1.00. The summed E-state index contributed by atoms with van der Waals surface area (Å²) in [5.74, 6) is 0.908. The highest BCUT2D eigenvalue weighted by atomic mass is 15.3. The van der Waals surface area contributed by atoms with E-state index in [4.69, 9.17) is 0 Å². The van der Waals surface area contributed by atoms with Crippen LogP contribution in [-0.2, 0) is 0 Å². The molecule has 2 saturated heterocycles. The first kappa shape index (κ1) is 13.3. The van der Waals surface area contributed by atoms with Gasteiger partial charge >= 0.3 is 0 Å². The van der Waals surface area contributed by atoms with Crippen LogP contribution in [0.2, 0.25) is 0 Å². The molecule has 0 aromatic heterocycles. The standard InChI is InChI=1S/C14H29N3/c1-2-3-7-16-8-10-17(11-9-16)13-14-5-4-6-15-12-14/h14-15H,2-13H2,1H3. The summed E-state index contributed by atoms with van der Waals surface area (Å²) in [6.45, 7) is 12.6. The summed E-state index contributed by atoms with van der Waals surface area (Å²) >= 11 is 0. The van der Waals surface area contributed by atoms with Gasteiger partial charge in [-0.25, -0.2) is 0 Å². The highest BCUT2D eigenvalue weighted by molar-refractivity contribution is 4.77. The monoisotopic (exact) mass is 239 g/mol. The molecule has 0 saturated carbocycles. The highest BCUT2D eigenvalue weighted by Gasteiger charge is 2.20. The van der Waals surface area contributed by atoms with Crippen LogP contribution in [0.15, 0.2) is 0 Å². The van der Waals surface area contributed by atoms with Crippen molar-refractivity contribution in [1.82, 2.24) is 15.1 Å². The number of piperazine rings is 1. The molecule has 2 fully saturated rings. The Labute approximate surface area is 107 Å². The number of rotatable bonds is 5. The molecule has 0 radical (unpaired) electrons. The molecule has 2 aliphatic heterocycles. The Morgan fingerprint density at radius 1 is 1.12 bits per heavy atom. The average Bonchev–Trinajstić information content (AvgIpc) is 2.39. The quantitative estimate of drug-likeness (QED) is 0.782. The van der Waals surface area contributed by atoms with E-state index < -0.39 is 0 Å². The van der Waals surface area contributed by atoms with Gasteiger partial charge in [0.1, 0.15) is 0 Å². The van der Waals surface area contributed by atoms with Crippen LogP contribution in [0.4, 0.5) is 0 Å². The van der Waals surface area contributed by atoms with E-state index in [0.717, 1.165) is 5.92 Å². The predicted molar refractivity (Wildman–Crippen MR) is 73.4 cm³/mol. The summed E-state index contributed by atoms with van der Waals surface area (Å²) in [7, 11) is 0. The molecule has 2 heterocycles. The zero-order valence-electron chi connectivity index (χ0n) is 11.5. The molecule has 1 atom stereocenters. The van der Waals surface area contributed by atoms with E-state index >= 15 is 0 Å². The fourth-order valence-corrected chi connectivity index (χ4v) is 3.02. The lowest BCUT2D eigenvalue weighted by molar-refractivity contribution is 0.111. The summed E-state index contributed by atoms with van der Waals surface area (Å²) in [5.41, 5.74) is 0. The molecule has 1 unspecified atom stereocenters. The van der Waals surface area contributed by atoms with Crippen molar-refractivity contribution < 1.29 is 0 Å². The fourth-order valence-electron chi connectivity index (χ4n) is 3.02. The lowest BCUT2D eigenvalue weighted by Crippen LogP contribution is -2.49. The van der Waals surface area contributed by atoms with Gasteiger partial charge in [0, 0.05) is 32.7 Å². The predicted octanol–water partition coefficient (Wildman–Crippen LogP) is 1.40. The average molecular weight is 239 g/mol. The molecule has 0 spiro atoms. The van der Waals surface area contributed by atoms with Gasteiger partial charge in [-0.15, -0.1) is 0 Å². The van der Waals surface area contributed by atoms with Gasteiger partial charge in [-0.3, -0.25) is 0 Å². The second-order valence-corrected chi connectivity index (χ2v) is 5.71. The van der Waals surface area contributed by atoms with Gasteiger partial charge in [0.25, 0.3) is 0 Å². The molecule has 3 heteroatoms. The number of nitrogens with zero attached hydrogens (tertiary/aromatic N) is 2. The maximum Gasteiger partial charge on any atom is 0.0110 e. The summed E-state index contributed by atoms with van der Waals surface area (Å²) < 4.78 is 0. The van der Waals surface area contributed by atoms with Crippen molar-refractivity contribution in [1.29, 1.82) is 0 Å². The number of nitrogens with one attached hydrogen (secondary N) is 1. The third kappa shape index (κ3) is 4.57. The summed E-state index contributed by atoms with van der Waals surface area (Å²) in [4.78, 5) is 5.32. The third-order valence-electron chi connectivity index (χ3n) is 4.21. The van der Waals surface area contributed by atoms with Crippen molar-refractivity contribution in [3.05, 3.63) is 0 Å². The maximum absolute atomic E-state index is 3.52. The second kappa shape index (κ2) is 7.34. The van der Waals surface area contributed by atoms with Crippen molar-refractivity contribution >= 4 is 0 Å². The molecule has 17 heavy (non-hydrogen) atoms. The number of hydrogen-bond acceptors (Lipinski definition) is 3. The van der Waals surface area contributed by atoms with Crippen LogP contribution in [0.1, 0.15) is 32.6 Å². The van der Waals surface area contributed by atoms with Crippen molar-refractivity contribution in [2.24, 2.45) is 5.92 Å². The number of unbranched alkanes of at least 4 members (excludes halogenated alkanes) is 1. The molecule has 3 nitrogen and oxygen atoms in total. The Balaban J connectivity index is 1.61. The van der Waals surface area contributed by atoms with Crippen LogP contribution in [0.3, 0.4) is 0 Å².